The van der Waals surface area contributed by atoms with Gasteiger partial charge in [0.25, 0.3) is 5.91 Å². The maximum absolute atomic E-state index is 13.1. The number of amides is 5. The molecule has 2 atom stereocenters. The molecule has 0 aliphatic carbocycles. The fourth-order valence-electron chi connectivity index (χ4n) is 3.97. The zero-order chi connectivity index (χ0) is 21.3. The molecule has 1 fully saturated rings. The van der Waals surface area contributed by atoms with Gasteiger partial charge in [-0.05, 0) is 23.3 Å². The second-order valence-electron chi connectivity index (χ2n) is 7.34. The van der Waals surface area contributed by atoms with Crippen molar-refractivity contribution in [3.05, 3.63) is 65.7 Å². The fraction of sp³-hybridized carbons (Fsp3) is 0.273. The molecule has 1 saturated heterocycles. The number of carbonyl (C=O) groups is 4. The molecule has 30 heavy (non-hydrogen) atoms. The van der Waals surface area contributed by atoms with Crippen LogP contribution >= 0.6 is 0 Å². The number of anilines is 1. The topological polar surface area (TPSA) is 98.8 Å². The summed E-state index contributed by atoms with van der Waals surface area (Å²) in [5.41, 5.74) is 2.44. The monoisotopic (exact) mass is 406 g/mol. The van der Waals surface area contributed by atoms with Crippen molar-refractivity contribution in [2.24, 2.45) is 0 Å². The van der Waals surface area contributed by atoms with Crippen LogP contribution in [0.15, 0.2) is 54.6 Å². The van der Waals surface area contributed by atoms with Crippen LogP contribution in [0, 0.1) is 0 Å². The molecule has 4 rings (SSSR count). The maximum Gasteiger partial charge on any atom is 0.329 e. The van der Waals surface area contributed by atoms with Gasteiger partial charge in [0.2, 0.25) is 11.8 Å². The summed E-state index contributed by atoms with van der Waals surface area (Å²) in [6.45, 7) is 0.282. The van der Waals surface area contributed by atoms with Crippen molar-refractivity contribution in [3.8, 4) is 0 Å². The number of hydrogen-bond acceptors (Lipinski definition) is 4. The van der Waals surface area contributed by atoms with Crippen molar-refractivity contribution < 1.29 is 19.2 Å². The van der Waals surface area contributed by atoms with E-state index in [4.69, 9.17) is 0 Å². The maximum atomic E-state index is 13.1. The highest BCUT2D eigenvalue weighted by Crippen LogP contribution is 2.26. The quantitative estimate of drug-likeness (QED) is 0.746. The molecule has 8 heteroatoms. The van der Waals surface area contributed by atoms with E-state index in [1.807, 2.05) is 24.3 Å². The van der Waals surface area contributed by atoms with Crippen molar-refractivity contribution in [2.75, 3.05) is 11.9 Å². The van der Waals surface area contributed by atoms with E-state index in [9.17, 15) is 19.2 Å². The van der Waals surface area contributed by atoms with Gasteiger partial charge in [0.05, 0.1) is 12.1 Å². The van der Waals surface area contributed by atoms with Crippen molar-refractivity contribution in [1.29, 1.82) is 0 Å². The number of imide groups is 1. The first kappa shape index (κ1) is 19.6. The van der Waals surface area contributed by atoms with Gasteiger partial charge in [-0.2, -0.15) is 0 Å². The summed E-state index contributed by atoms with van der Waals surface area (Å²) < 4.78 is 0. The Labute approximate surface area is 173 Å². The minimum absolute atomic E-state index is 0.205. The van der Waals surface area contributed by atoms with Gasteiger partial charge in [-0.25, -0.2) is 9.69 Å². The van der Waals surface area contributed by atoms with Crippen LogP contribution in [-0.4, -0.2) is 47.8 Å². The van der Waals surface area contributed by atoms with E-state index >= 15 is 0 Å². The average Bonchev–Trinajstić information content (AvgIpc) is 3.05. The number of likely N-dealkylation sites (N-methyl/N-ethyl adjacent to an activating group) is 1. The molecule has 0 spiro atoms. The SMILES string of the molecule is CNC(=O)[C@@H]1Cc2ccccc2CN1C(=O)CC1NC(=O)N(c2ccccc2)C1=O. The van der Waals surface area contributed by atoms with Gasteiger partial charge in [0.1, 0.15) is 12.1 Å². The first-order valence-corrected chi connectivity index (χ1v) is 9.77. The number of carbonyl (C=O) groups excluding carboxylic acids is 4. The smallest absolute Gasteiger partial charge is 0.329 e. The Morgan fingerprint density at radius 1 is 1.03 bits per heavy atom. The molecule has 8 nitrogen and oxygen atoms in total. The molecule has 0 radical (unpaired) electrons. The average molecular weight is 406 g/mol. The molecular formula is C22H22N4O4. The summed E-state index contributed by atoms with van der Waals surface area (Å²) >= 11 is 0. The van der Waals surface area contributed by atoms with Crippen molar-refractivity contribution in [2.45, 2.75) is 31.5 Å². The third-order valence-electron chi connectivity index (χ3n) is 5.53. The minimum atomic E-state index is -0.965. The molecule has 0 bridgehead atoms. The normalized spacial score (nSPS) is 20.6. The number of rotatable bonds is 4. The van der Waals surface area contributed by atoms with Gasteiger partial charge < -0.3 is 15.5 Å². The second-order valence-corrected chi connectivity index (χ2v) is 7.34. The number of para-hydroxylation sites is 1. The Bertz CT molecular complexity index is 1010. The predicted octanol–water partition coefficient (Wildman–Crippen LogP) is 1.20. The molecule has 2 aliphatic heterocycles. The predicted molar refractivity (Wildman–Crippen MR) is 109 cm³/mol. The number of hydrogen-bond donors (Lipinski definition) is 2. The molecule has 5 amide bonds. The van der Waals surface area contributed by atoms with Crippen LogP contribution in [-0.2, 0) is 27.3 Å². The van der Waals surface area contributed by atoms with Crippen LogP contribution in [0.1, 0.15) is 17.5 Å². The van der Waals surface area contributed by atoms with E-state index in [-0.39, 0.29) is 24.8 Å². The summed E-state index contributed by atoms with van der Waals surface area (Å²) in [6, 6.07) is 14.1. The number of nitrogens with zero attached hydrogens (tertiary/aromatic N) is 2. The van der Waals surface area contributed by atoms with Gasteiger partial charge in [-0.3, -0.25) is 14.4 Å². The van der Waals surface area contributed by atoms with Crippen LogP contribution in [0.2, 0.25) is 0 Å². The third kappa shape index (κ3) is 3.52. The van der Waals surface area contributed by atoms with Crippen LogP contribution in [0.3, 0.4) is 0 Å². The van der Waals surface area contributed by atoms with Crippen LogP contribution < -0.4 is 15.5 Å². The van der Waals surface area contributed by atoms with E-state index in [2.05, 4.69) is 10.6 Å². The number of nitrogens with one attached hydrogen (secondary N) is 2. The van der Waals surface area contributed by atoms with Gasteiger partial charge in [-0.15, -0.1) is 0 Å². The largest absolute Gasteiger partial charge is 0.357 e. The molecular weight excluding hydrogens is 384 g/mol. The van der Waals surface area contributed by atoms with Crippen LogP contribution in [0.5, 0.6) is 0 Å². The van der Waals surface area contributed by atoms with Crippen molar-refractivity contribution in [1.82, 2.24) is 15.5 Å². The van der Waals surface area contributed by atoms with Gasteiger partial charge in [0.15, 0.2) is 0 Å². The second kappa shape index (κ2) is 7.98. The Hall–Kier alpha value is -3.68. The lowest BCUT2D eigenvalue weighted by molar-refractivity contribution is -0.142. The summed E-state index contributed by atoms with van der Waals surface area (Å²) in [4.78, 5) is 53.2. The van der Waals surface area contributed by atoms with Crippen molar-refractivity contribution in [3.63, 3.8) is 0 Å². The summed E-state index contributed by atoms with van der Waals surface area (Å²) in [6.07, 6.45) is 0.201. The molecule has 154 valence electrons. The van der Waals surface area contributed by atoms with E-state index in [0.29, 0.717) is 12.1 Å². The Morgan fingerprint density at radius 3 is 2.40 bits per heavy atom. The molecule has 2 aromatic rings. The van der Waals surface area contributed by atoms with Gasteiger partial charge in [0, 0.05) is 20.0 Å². The Morgan fingerprint density at radius 2 is 1.70 bits per heavy atom. The summed E-state index contributed by atoms with van der Waals surface area (Å²) in [5, 5.41) is 5.20. The number of benzene rings is 2. The Kier molecular flexibility index (Phi) is 5.22. The lowest BCUT2D eigenvalue weighted by Gasteiger charge is -2.36. The standard InChI is InChI=1S/C22H22N4O4/c1-23-20(28)18-11-14-7-5-6-8-15(14)13-25(18)19(27)12-17-21(29)26(22(30)24-17)16-9-3-2-4-10-16/h2-10,17-18H,11-13H2,1H3,(H,23,28)(H,24,30)/t17?,18-/m0/s1. The van der Waals surface area contributed by atoms with E-state index < -0.39 is 24.0 Å². The molecule has 2 aliphatic rings. The van der Waals surface area contributed by atoms with E-state index in [1.165, 1.54) is 11.9 Å². The zero-order valence-corrected chi connectivity index (χ0v) is 16.5. The molecule has 1 unspecified atom stereocenters. The summed E-state index contributed by atoms with van der Waals surface area (Å²) in [7, 11) is 1.53. The van der Waals surface area contributed by atoms with Crippen LogP contribution in [0.4, 0.5) is 10.5 Å². The molecule has 2 aromatic carbocycles. The van der Waals surface area contributed by atoms with Gasteiger partial charge in [-0.1, -0.05) is 42.5 Å². The highest BCUT2D eigenvalue weighted by Gasteiger charge is 2.42. The lowest BCUT2D eigenvalue weighted by atomic mass is 9.93. The number of urea groups is 1. The van der Waals surface area contributed by atoms with Crippen molar-refractivity contribution >= 4 is 29.4 Å². The molecule has 2 heterocycles. The first-order chi connectivity index (χ1) is 14.5. The van der Waals surface area contributed by atoms with Gasteiger partial charge >= 0.3 is 6.03 Å². The highest BCUT2D eigenvalue weighted by molar-refractivity contribution is 6.22. The Balaban J connectivity index is 1.53. The molecule has 0 aromatic heterocycles. The first-order valence-electron chi connectivity index (χ1n) is 9.77. The fourth-order valence-corrected chi connectivity index (χ4v) is 3.97. The molecule has 2 N–H and O–H groups in total. The summed E-state index contributed by atoms with van der Waals surface area (Å²) in [5.74, 6) is -1.09. The minimum Gasteiger partial charge on any atom is -0.357 e. The third-order valence-corrected chi connectivity index (χ3v) is 5.53. The van der Waals surface area contributed by atoms with E-state index in [1.54, 1.807) is 30.3 Å². The lowest BCUT2D eigenvalue weighted by Crippen LogP contribution is -2.53. The number of fused-ring (bicyclic) bond motifs is 1. The van der Waals surface area contributed by atoms with Crippen LogP contribution in [0.25, 0.3) is 0 Å². The molecule has 0 saturated carbocycles. The highest BCUT2D eigenvalue weighted by atomic mass is 16.2. The zero-order valence-electron chi connectivity index (χ0n) is 16.5. The van der Waals surface area contributed by atoms with E-state index in [0.717, 1.165) is 16.0 Å².